The van der Waals surface area contributed by atoms with Crippen molar-refractivity contribution in [2.45, 2.75) is 0 Å². The second-order valence-electron chi connectivity index (χ2n) is 3.92. The van der Waals surface area contributed by atoms with Crippen molar-refractivity contribution in [1.29, 1.82) is 0 Å². The smallest absolute Gasteiger partial charge is 0.142 e. The second kappa shape index (κ2) is 5.18. The molecule has 0 saturated carbocycles. The summed E-state index contributed by atoms with van der Waals surface area (Å²) in [5.74, 6) is 0.917. The van der Waals surface area contributed by atoms with Crippen LogP contribution in [0.25, 0.3) is 0 Å². The lowest BCUT2D eigenvalue weighted by atomic mass is 10.2. The first-order valence-corrected chi connectivity index (χ1v) is 5.56. The second-order valence-corrected chi connectivity index (χ2v) is 3.92. The average molecular weight is 222 g/mol. The summed E-state index contributed by atoms with van der Waals surface area (Å²) >= 11 is 0. The van der Waals surface area contributed by atoms with Gasteiger partial charge in [-0.1, -0.05) is 12.1 Å². The Hall–Kier alpha value is -1.26. The standard InChI is InChI=1S/C12H18N2O2/c1-16-12-5-3-2-4-11(12)14-8-6-13(10-15)7-9-14/h2-5,15H,6-10H2,1H3. The van der Waals surface area contributed by atoms with E-state index in [1.54, 1.807) is 7.11 Å². The maximum atomic E-state index is 9.03. The molecule has 0 spiro atoms. The van der Waals surface area contributed by atoms with E-state index < -0.39 is 0 Å². The number of ether oxygens (including phenoxy) is 1. The zero-order valence-corrected chi connectivity index (χ0v) is 9.59. The number of rotatable bonds is 3. The van der Waals surface area contributed by atoms with Crippen molar-refractivity contribution in [3.05, 3.63) is 24.3 Å². The number of nitrogens with zero attached hydrogens (tertiary/aromatic N) is 2. The molecule has 4 nitrogen and oxygen atoms in total. The van der Waals surface area contributed by atoms with Crippen molar-refractivity contribution in [2.75, 3.05) is 44.9 Å². The highest BCUT2D eigenvalue weighted by Gasteiger charge is 2.18. The molecule has 1 aliphatic heterocycles. The van der Waals surface area contributed by atoms with Gasteiger partial charge in [0.25, 0.3) is 0 Å². The van der Waals surface area contributed by atoms with E-state index in [0.717, 1.165) is 37.6 Å². The molecule has 1 heterocycles. The third kappa shape index (κ3) is 2.28. The van der Waals surface area contributed by atoms with Gasteiger partial charge < -0.3 is 14.7 Å². The highest BCUT2D eigenvalue weighted by molar-refractivity contribution is 5.58. The normalized spacial score (nSPS) is 17.5. The molecular weight excluding hydrogens is 204 g/mol. The predicted molar refractivity (Wildman–Crippen MR) is 63.9 cm³/mol. The van der Waals surface area contributed by atoms with Crippen LogP contribution in [0.1, 0.15) is 0 Å². The van der Waals surface area contributed by atoms with E-state index in [1.807, 2.05) is 23.1 Å². The monoisotopic (exact) mass is 222 g/mol. The first-order chi connectivity index (χ1) is 7.85. The largest absolute Gasteiger partial charge is 0.495 e. The lowest BCUT2D eigenvalue weighted by molar-refractivity contribution is 0.102. The number of benzene rings is 1. The van der Waals surface area contributed by atoms with Gasteiger partial charge >= 0.3 is 0 Å². The quantitative estimate of drug-likeness (QED) is 0.819. The number of aliphatic hydroxyl groups is 1. The number of aliphatic hydroxyl groups excluding tert-OH is 1. The van der Waals surface area contributed by atoms with Crippen LogP contribution >= 0.6 is 0 Å². The summed E-state index contributed by atoms with van der Waals surface area (Å²) in [4.78, 5) is 4.33. The van der Waals surface area contributed by atoms with Crippen molar-refractivity contribution < 1.29 is 9.84 Å². The minimum absolute atomic E-state index is 0.153. The third-order valence-corrected chi connectivity index (χ3v) is 3.00. The molecule has 4 heteroatoms. The summed E-state index contributed by atoms with van der Waals surface area (Å²) in [5.41, 5.74) is 1.14. The molecule has 1 saturated heterocycles. The van der Waals surface area contributed by atoms with E-state index in [9.17, 15) is 0 Å². The van der Waals surface area contributed by atoms with Gasteiger partial charge in [-0.2, -0.15) is 0 Å². The van der Waals surface area contributed by atoms with Gasteiger partial charge in [-0.3, -0.25) is 4.90 Å². The molecule has 2 rings (SSSR count). The van der Waals surface area contributed by atoms with Gasteiger partial charge in [0, 0.05) is 26.2 Å². The first kappa shape index (κ1) is 11.2. The Balaban J connectivity index is 2.07. The van der Waals surface area contributed by atoms with E-state index in [4.69, 9.17) is 9.84 Å². The van der Waals surface area contributed by atoms with Crippen LogP contribution in [0.4, 0.5) is 5.69 Å². The summed E-state index contributed by atoms with van der Waals surface area (Å²) in [5, 5.41) is 9.03. The van der Waals surface area contributed by atoms with Crippen molar-refractivity contribution in [2.24, 2.45) is 0 Å². The van der Waals surface area contributed by atoms with Gasteiger partial charge in [-0.15, -0.1) is 0 Å². The molecule has 0 amide bonds. The van der Waals surface area contributed by atoms with Crippen molar-refractivity contribution in [1.82, 2.24) is 4.90 Å². The van der Waals surface area contributed by atoms with Gasteiger partial charge in [0.15, 0.2) is 0 Å². The van der Waals surface area contributed by atoms with E-state index >= 15 is 0 Å². The number of hydrogen-bond acceptors (Lipinski definition) is 4. The molecule has 0 radical (unpaired) electrons. The summed E-state index contributed by atoms with van der Waals surface area (Å²) in [7, 11) is 1.70. The highest BCUT2D eigenvalue weighted by Crippen LogP contribution is 2.28. The molecule has 1 aliphatic rings. The van der Waals surface area contributed by atoms with Crippen LogP contribution in [0.3, 0.4) is 0 Å². The minimum Gasteiger partial charge on any atom is -0.495 e. The van der Waals surface area contributed by atoms with Crippen molar-refractivity contribution >= 4 is 5.69 Å². The van der Waals surface area contributed by atoms with Crippen LogP contribution in [0.15, 0.2) is 24.3 Å². The van der Waals surface area contributed by atoms with E-state index in [1.165, 1.54) is 0 Å². The fourth-order valence-electron chi connectivity index (χ4n) is 2.02. The lowest BCUT2D eigenvalue weighted by Gasteiger charge is -2.35. The van der Waals surface area contributed by atoms with Crippen LogP contribution in [0.2, 0.25) is 0 Å². The molecule has 0 aromatic heterocycles. The molecule has 88 valence electrons. The maximum absolute atomic E-state index is 9.03. The average Bonchev–Trinajstić information content (AvgIpc) is 2.39. The lowest BCUT2D eigenvalue weighted by Crippen LogP contribution is -2.46. The molecule has 1 N–H and O–H groups in total. The molecule has 0 aliphatic carbocycles. The fraction of sp³-hybridized carbons (Fsp3) is 0.500. The Kier molecular flexibility index (Phi) is 3.64. The summed E-state index contributed by atoms with van der Waals surface area (Å²) in [6.07, 6.45) is 0. The number of anilines is 1. The first-order valence-electron chi connectivity index (χ1n) is 5.56. The fourth-order valence-corrected chi connectivity index (χ4v) is 2.02. The number of para-hydroxylation sites is 2. The van der Waals surface area contributed by atoms with Crippen LogP contribution in [0.5, 0.6) is 5.75 Å². The summed E-state index contributed by atoms with van der Waals surface area (Å²) < 4.78 is 5.35. The topological polar surface area (TPSA) is 35.9 Å². The molecular formula is C12H18N2O2. The van der Waals surface area contributed by atoms with E-state index in [0.29, 0.717) is 0 Å². The van der Waals surface area contributed by atoms with Crippen molar-refractivity contribution in [3.63, 3.8) is 0 Å². The summed E-state index contributed by atoms with van der Waals surface area (Å²) in [6.45, 7) is 3.81. The molecule has 0 atom stereocenters. The minimum atomic E-state index is 0.153. The Morgan fingerprint density at radius 2 is 1.88 bits per heavy atom. The van der Waals surface area contributed by atoms with Crippen molar-refractivity contribution in [3.8, 4) is 5.75 Å². The number of hydrogen-bond donors (Lipinski definition) is 1. The maximum Gasteiger partial charge on any atom is 0.142 e. The molecule has 1 fully saturated rings. The van der Waals surface area contributed by atoms with Crippen LogP contribution < -0.4 is 9.64 Å². The Bertz CT molecular complexity index is 336. The van der Waals surface area contributed by atoms with Gasteiger partial charge in [-0.05, 0) is 12.1 Å². The van der Waals surface area contributed by atoms with E-state index in [-0.39, 0.29) is 6.73 Å². The summed E-state index contributed by atoms with van der Waals surface area (Å²) in [6, 6.07) is 8.06. The van der Waals surface area contributed by atoms with Crippen LogP contribution in [-0.2, 0) is 0 Å². The molecule has 1 aromatic rings. The SMILES string of the molecule is COc1ccccc1N1CCN(CO)CC1. The predicted octanol–water partition coefficient (Wildman–Crippen LogP) is 0.767. The van der Waals surface area contributed by atoms with Gasteiger partial charge in [0.05, 0.1) is 19.5 Å². The van der Waals surface area contributed by atoms with E-state index in [2.05, 4.69) is 11.0 Å². The van der Waals surface area contributed by atoms with Gasteiger partial charge in [0.2, 0.25) is 0 Å². The van der Waals surface area contributed by atoms with Gasteiger partial charge in [0.1, 0.15) is 5.75 Å². The zero-order chi connectivity index (χ0) is 11.4. The van der Waals surface area contributed by atoms with Crippen LogP contribution in [0, 0.1) is 0 Å². The van der Waals surface area contributed by atoms with Crippen LogP contribution in [-0.4, -0.2) is 50.0 Å². The molecule has 1 aromatic carbocycles. The zero-order valence-electron chi connectivity index (χ0n) is 9.59. The molecule has 16 heavy (non-hydrogen) atoms. The number of methoxy groups -OCH3 is 1. The molecule has 0 unspecified atom stereocenters. The van der Waals surface area contributed by atoms with Gasteiger partial charge in [-0.25, -0.2) is 0 Å². The Morgan fingerprint density at radius 3 is 2.50 bits per heavy atom. The third-order valence-electron chi connectivity index (χ3n) is 3.00. The Morgan fingerprint density at radius 1 is 1.19 bits per heavy atom. The number of piperazine rings is 1. The molecule has 0 bridgehead atoms. The Labute approximate surface area is 96.0 Å². The highest BCUT2D eigenvalue weighted by atomic mass is 16.5.